The molecular formula is C19H33N5. The minimum atomic E-state index is 0.858. The molecule has 0 aliphatic carbocycles. The fourth-order valence-electron chi connectivity index (χ4n) is 2.87. The number of hydrogen-bond acceptors (Lipinski definition) is 3. The number of guanidine groups is 1. The Hall–Kier alpha value is -1.59. The fraction of sp³-hybridized carbons (Fsp3) is 0.632. The molecule has 0 radical (unpaired) electrons. The van der Waals surface area contributed by atoms with Gasteiger partial charge in [0.1, 0.15) is 0 Å². The molecule has 1 aliphatic heterocycles. The lowest BCUT2D eigenvalue weighted by Crippen LogP contribution is -2.52. The molecule has 134 valence electrons. The van der Waals surface area contributed by atoms with Crippen molar-refractivity contribution in [3.8, 4) is 0 Å². The van der Waals surface area contributed by atoms with Gasteiger partial charge >= 0.3 is 0 Å². The number of nitrogens with zero attached hydrogens (tertiary/aromatic N) is 4. The summed E-state index contributed by atoms with van der Waals surface area (Å²) in [6.45, 7) is 13.5. The second-order valence-electron chi connectivity index (χ2n) is 6.38. The summed E-state index contributed by atoms with van der Waals surface area (Å²) in [5.74, 6) is 1.07. The molecule has 1 aromatic rings. The SMILES string of the molecule is CCNC(=NCCN(C)CC)N1CCN(Cc2ccccc2)CC1. The Kier molecular flexibility index (Phi) is 8.05. The summed E-state index contributed by atoms with van der Waals surface area (Å²) in [4.78, 5) is 12.0. The van der Waals surface area contributed by atoms with Crippen molar-refractivity contribution in [2.45, 2.75) is 20.4 Å². The number of aliphatic imine (C=N–C) groups is 1. The van der Waals surface area contributed by atoms with Crippen molar-refractivity contribution in [1.29, 1.82) is 0 Å². The largest absolute Gasteiger partial charge is 0.357 e. The van der Waals surface area contributed by atoms with Crippen molar-refractivity contribution in [3.63, 3.8) is 0 Å². The zero-order valence-electron chi connectivity index (χ0n) is 15.5. The Morgan fingerprint density at radius 2 is 1.83 bits per heavy atom. The number of benzene rings is 1. The number of rotatable bonds is 7. The lowest BCUT2D eigenvalue weighted by atomic mass is 10.2. The van der Waals surface area contributed by atoms with E-state index in [-0.39, 0.29) is 0 Å². The Morgan fingerprint density at radius 1 is 1.12 bits per heavy atom. The summed E-state index contributed by atoms with van der Waals surface area (Å²) in [5, 5.41) is 3.45. The highest BCUT2D eigenvalue weighted by atomic mass is 15.3. The average Bonchev–Trinajstić information content (AvgIpc) is 2.62. The number of hydrogen-bond donors (Lipinski definition) is 1. The van der Waals surface area contributed by atoms with E-state index in [2.05, 4.69) is 71.2 Å². The smallest absolute Gasteiger partial charge is 0.194 e. The summed E-state index contributed by atoms with van der Waals surface area (Å²) in [6, 6.07) is 10.7. The Bertz CT molecular complexity index is 480. The molecule has 0 spiro atoms. The fourth-order valence-corrected chi connectivity index (χ4v) is 2.87. The van der Waals surface area contributed by atoms with Crippen molar-refractivity contribution in [2.24, 2.45) is 4.99 Å². The number of piperazine rings is 1. The molecule has 24 heavy (non-hydrogen) atoms. The van der Waals surface area contributed by atoms with Gasteiger partial charge in [0.2, 0.25) is 0 Å². The van der Waals surface area contributed by atoms with Gasteiger partial charge in [-0.15, -0.1) is 0 Å². The molecule has 1 saturated heterocycles. The van der Waals surface area contributed by atoms with Crippen LogP contribution in [0.4, 0.5) is 0 Å². The normalized spacial score (nSPS) is 16.7. The van der Waals surface area contributed by atoms with Gasteiger partial charge in [0, 0.05) is 45.8 Å². The van der Waals surface area contributed by atoms with Gasteiger partial charge in [-0.05, 0) is 26.1 Å². The highest BCUT2D eigenvalue weighted by Gasteiger charge is 2.19. The monoisotopic (exact) mass is 331 g/mol. The molecule has 1 heterocycles. The number of likely N-dealkylation sites (N-methyl/N-ethyl adjacent to an activating group) is 1. The molecule has 0 saturated carbocycles. The van der Waals surface area contributed by atoms with Crippen molar-refractivity contribution >= 4 is 5.96 Å². The first kappa shape index (κ1) is 18.7. The molecule has 2 rings (SSSR count). The van der Waals surface area contributed by atoms with Crippen LogP contribution in [-0.2, 0) is 6.54 Å². The lowest BCUT2D eigenvalue weighted by molar-refractivity contribution is 0.172. The average molecular weight is 332 g/mol. The molecule has 1 N–H and O–H groups in total. The van der Waals surface area contributed by atoms with Gasteiger partial charge in [-0.1, -0.05) is 37.3 Å². The van der Waals surface area contributed by atoms with E-state index in [9.17, 15) is 0 Å². The van der Waals surface area contributed by atoms with Crippen molar-refractivity contribution in [1.82, 2.24) is 20.0 Å². The molecule has 0 amide bonds. The maximum absolute atomic E-state index is 4.81. The quantitative estimate of drug-likeness (QED) is 0.609. The number of nitrogens with one attached hydrogen (secondary N) is 1. The van der Waals surface area contributed by atoms with Crippen molar-refractivity contribution in [3.05, 3.63) is 35.9 Å². The van der Waals surface area contributed by atoms with E-state index in [1.807, 2.05) is 0 Å². The Morgan fingerprint density at radius 3 is 2.46 bits per heavy atom. The van der Waals surface area contributed by atoms with E-state index in [0.29, 0.717) is 0 Å². The van der Waals surface area contributed by atoms with Crippen LogP contribution >= 0.6 is 0 Å². The third-order valence-corrected chi connectivity index (χ3v) is 4.54. The van der Waals surface area contributed by atoms with Crippen LogP contribution in [-0.4, -0.2) is 80.1 Å². The highest BCUT2D eigenvalue weighted by Crippen LogP contribution is 2.08. The maximum Gasteiger partial charge on any atom is 0.194 e. The van der Waals surface area contributed by atoms with E-state index in [0.717, 1.165) is 64.9 Å². The third-order valence-electron chi connectivity index (χ3n) is 4.54. The van der Waals surface area contributed by atoms with Crippen LogP contribution in [0.25, 0.3) is 0 Å². The first-order valence-electron chi connectivity index (χ1n) is 9.21. The Labute approximate surface area is 147 Å². The molecule has 1 fully saturated rings. The van der Waals surface area contributed by atoms with Crippen LogP contribution in [0.5, 0.6) is 0 Å². The lowest BCUT2D eigenvalue weighted by Gasteiger charge is -2.36. The molecule has 0 atom stereocenters. The molecule has 0 aromatic heterocycles. The van der Waals surface area contributed by atoms with E-state index in [1.54, 1.807) is 0 Å². The summed E-state index contributed by atoms with van der Waals surface area (Å²) in [7, 11) is 2.14. The van der Waals surface area contributed by atoms with Gasteiger partial charge in [0.05, 0.1) is 6.54 Å². The molecule has 5 nitrogen and oxygen atoms in total. The van der Waals surface area contributed by atoms with Crippen LogP contribution in [0.15, 0.2) is 35.3 Å². The van der Waals surface area contributed by atoms with Crippen LogP contribution in [0.1, 0.15) is 19.4 Å². The first-order valence-corrected chi connectivity index (χ1v) is 9.21. The van der Waals surface area contributed by atoms with E-state index in [1.165, 1.54) is 5.56 Å². The Balaban J connectivity index is 1.82. The zero-order valence-corrected chi connectivity index (χ0v) is 15.5. The highest BCUT2D eigenvalue weighted by molar-refractivity contribution is 5.80. The molecule has 0 unspecified atom stereocenters. The van der Waals surface area contributed by atoms with Gasteiger partial charge in [-0.25, -0.2) is 0 Å². The second kappa shape index (κ2) is 10.3. The van der Waals surface area contributed by atoms with Crippen LogP contribution in [0.2, 0.25) is 0 Å². The standard InChI is InChI=1S/C19H33N5/c1-4-20-19(21-11-12-22(3)5-2)24-15-13-23(14-16-24)17-18-9-7-6-8-10-18/h6-10H,4-5,11-17H2,1-3H3,(H,20,21). The van der Waals surface area contributed by atoms with Crippen molar-refractivity contribution in [2.75, 3.05) is 59.4 Å². The zero-order chi connectivity index (χ0) is 17.2. The molecule has 5 heteroatoms. The van der Waals surface area contributed by atoms with Gasteiger partial charge < -0.3 is 15.1 Å². The predicted molar refractivity (Wildman–Crippen MR) is 102 cm³/mol. The molecule has 1 aliphatic rings. The molecule has 0 bridgehead atoms. The topological polar surface area (TPSA) is 34.1 Å². The van der Waals surface area contributed by atoms with Gasteiger partial charge in [-0.3, -0.25) is 9.89 Å². The first-order chi connectivity index (χ1) is 11.7. The summed E-state index contributed by atoms with van der Waals surface area (Å²) < 4.78 is 0. The molecule has 1 aromatic carbocycles. The van der Waals surface area contributed by atoms with E-state index >= 15 is 0 Å². The molecular weight excluding hydrogens is 298 g/mol. The summed E-state index contributed by atoms with van der Waals surface area (Å²) >= 11 is 0. The van der Waals surface area contributed by atoms with Crippen LogP contribution in [0, 0.1) is 0 Å². The third kappa shape index (κ3) is 6.13. The minimum Gasteiger partial charge on any atom is -0.357 e. The second-order valence-corrected chi connectivity index (χ2v) is 6.38. The van der Waals surface area contributed by atoms with Gasteiger partial charge in [0.15, 0.2) is 5.96 Å². The summed E-state index contributed by atoms with van der Waals surface area (Å²) in [6.07, 6.45) is 0. The maximum atomic E-state index is 4.81. The van der Waals surface area contributed by atoms with E-state index in [4.69, 9.17) is 4.99 Å². The van der Waals surface area contributed by atoms with Gasteiger partial charge in [-0.2, -0.15) is 0 Å². The van der Waals surface area contributed by atoms with Crippen LogP contribution < -0.4 is 5.32 Å². The minimum absolute atomic E-state index is 0.858. The summed E-state index contributed by atoms with van der Waals surface area (Å²) in [5.41, 5.74) is 1.40. The van der Waals surface area contributed by atoms with E-state index < -0.39 is 0 Å². The van der Waals surface area contributed by atoms with Crippen LogP contribution in [0.3, 0.4) is 0 Å². The predicted octanol–water partition coefficient (Wildman–Crippen LogP) is 1.72. The van der Waals surface area contributed by atoms with Gasteiger partial charge in [0.25, 0.3) is 0 Å². The van der Waals surface area contributed by atoms with Crippen molar-refractivity contribution < 1.29 is 0 Å².